The van der Waals surface area contributed by atoms with Gasteiger partial charge in [0.15, 0.2) is 5.65 Å². The van der Waals surface area contributed by atoms with Gasteiger partial charge in [0.2, 0.25) is 11.8 Å². The van der Waals surface area contributed by atoms with E-state index in [1.165, 1.54) is 18.7 Å². The molecule has 1 aliphatic heterocycles. The summed E-state index contributed by atoms with van der Waals surface area (Å²) in [4.78, 5) is 57.0. The standard InChI is InChI=1S/C23H24ClN5O4/c1-4-5-13-11-25-20-18(22(32)28(3)23(33)27(20)2)19(13)26-21(31)14-10-17(30)29(12-14)16-8-6-15(24)7-9-16/h6-9,11,14H,4-5,10,12H2,1-3H3,(H,25,26,31). The van der Waals surface area contributed by atoms with Crippen molar-refractivity contribution in [3.63, 3.8) is 0 Å². The van der Waals surface area contributed by atoms with Gasteiger partial charge in [-0.15, -0.1) is 0 Å². The highest BCUT2D eigenvalue weighted by Crippen LogP contribution is 2.29. The molecule has 0 saturated carbocycles. The van der Waals surface area contributed by atoms with Crippen molar-refractivity contribution in [3.05, 3.63) is 61.9 Å². The van der Waals surface area contributed by atoms with Crippen LogP contribution in [0.4, 0.5) is 11.4 Å². The molecule has 33 heavy (non-hydrogen) atoms. The number of carbonyl (C=O) groups excluding carboxylic acids is 2. The van der Waals surface area contributed by atoms with Gasteiger partial charge in [-0.05, 0) is 36.2 Å². The number of benzene rings is 1. The van der Waals surface area contributed by atoms with E-state index in [9.17, 15) is 19.2 Å². The molecule has 3 heterocycles. The average molecular weight is 470 g/mol. The number of anilines is 2. The highest BCUT2D eigenvalue weighted by molar-refractivity contribution is 6.30. The Morgan fingerprint density at radius 1 is 1.15 bits per heavy atom. The molecule has 1 fully saturated rings. The van der Waals surface area contributed by atoms with E-state index in [1.807, 2.05) is 6.92 Å². The third kappa shape index (κ3) is 4.04. The molecule has 0 aliphatic carbocycles. The van der Waals surface area contributed by atoms with Crippen molar-refractivity contribution in [1.29, 1.82) is 0 Å². The Hall–Kier alpha value is -3.46. The molecule has 2 amide bonds. The van der Waals surface area contributed by atoms with Gasteiger partial charge in [0, 0.05) is 44.0 Å². The SMILES string of the molecule is CCCc1cnc2c(c1NC(=O)C1CC(=O)N(c3ccc(Cl)cc3)C1)c(=O)n(C)c(=O)n2C. The lowest BCUT2D eigenvalue weighted by molar-refractivity contribution is -0.122. The van der Waals surface area contributed by atoms with Gasteiger partial charge in [0.25, 0.3) is 5.56 Å². The van der Waals surface area contributed by atoms with Crippen LogP contribution in [0.15, 0.2) is 40.1 Å². The third-order valence-corrected chi connectivity index (χ3v) is 6.20. The number of nitrogens with one attached hydrogen (secondary N) is 1. The average Bonchev–Trinajstić information content (AvgIpc) is 3.19. The molecule has 9 nitrogen and oxygen atoms in total. The summed E-state index contributed by atoms with van der Waals surface area (Å²) in [5.74, 6) is -1.12. The van der Waals surface area contributed by atoms with E-state index in [0.717, 1.165) is 11.0 Å². The molecule has 10 heteroatoms. The fourth-order valence-electron chi connectivity index (χ4n) is 4.15. The van der Waals surface area contributed by atoms with Crippen LogP contribution in [-0.2, 0) is 30.1 Å². The zero-order valence-corrected chi connectivity index (χ0v) is 19.3. The molecule has 1 aliphatic rings. The summed E-state index contributed by atoms with van der Waals surface area (Å²) < 4.78 is 2.28. The molecule has 0 spiro atoms. The van der Waals surface area contributed by atoms with E-state index in [0.29, 0.717) is 28.4 Å². The number of aryl methyl sites for hydroxylation is 2. The van der Waals surface area contributed by atoms with Crippen LogP contribution in [0, 0.1) is 5.92 Å². The van der Waals surface area contributed by atoms with Crippen LogP contribution >= 0.6 is 11.6 Å². The number of aromatic nitrogens is 3. The summed E-state index contributed by atoms with van der Waals surface area (Å²) in [6.07, 6.45) is 3.00. The molecule has 1 unspecified atom stereocenters. The number of halogens is 1. The van der Waals surface area contributed by atoms with Gasteiger partial charge >= 0.3 is 5.69 Å². The lowest BCUT2D eigenvalue weighted by Gasteiger charge is -2.18. The Morgan fingerprint density at radius 3 is 2.52 bits per heavy atom. The van der Waals surface area contributed by atoms with E-state index in [2.05, 4.69) is 10.3 Å². The molecule has 1 atom stereocenters. The fraction of sp³-hybridized carbons (Fsp3) is 0.348. The van der Waals surface area contributed by atoms with E-state index < -0.39 is 17.2 Å². The van der Waals surface area contributed by atoms with Crippen molar-refractivity contribution < 1.29 is 9.59 Å². The Balaban J connectivity index is 1.71. The van der Waals surface area contributed by atoms with Crippen LogP contribution in [-0.4, -0.2) is 32.5 Å². The van der Waals surface area contributed by atoms with Gasteiger partial charge in [-0.2, -0.15) is 0 Å². The zero-order chi connectivity index (χ0) is 23.9. The van der Waals surface area contributed by atoms with Gasteiger partial charge in [-0.1, -0.05) is 24.9 Å². The minimum Gasteiger partial charge on any atom is -0.325 e. The summed E-state index contributed by atoms with van der Waals surface area (Å²) in [5, 5.41) is 3.63. The number of pyridine rings is 1. The highest BCUT2D eigenvalue weighted by atomic mass is 35.5. The van der Waals surface area contributed by atoms with Crippen LogP contribution in [0.25, 0.3) is 11.0 Å². The molecule has 0 radical (unpaired) electrons. The maximum absolute atomic E-state index is 13.2. The first-order valence-electron chi connectivity index (χ1n) is 10.7. The maximum Gasteiger partial charge on any atom is 0.332 e. The molecule has 0 bridgehead atoms. The zero-order valence-electron chi connectivity index (χ0n) is 18.6. The normalized spacial score (nSPS) is 15.9. The van der Waals surface area contributed by atoms with E-state index in [1.54, 1.807) is 35.4 Å². The number of amides is 2. The van der Waals surface area contributed by atoms with Gasteiger partial charge in [-0.25, -0.2) is 9.78 Å². The van der Waals surface area contributed by atoms with Crippen molar-refractivity contribution in [2.75, 3.05) is 16.8 Å². The van der Waals surface area contributed by atoms with Crippen LogP contribution < -0.4 is 21.5 Å². The molecule has 1 N–H and O–H groups in total. The Morgan fingerprint density at radius 2 is 1.85 bits per heavy atom. The monoisotopic (exact) mass is 469 g/mol. The minimum atomic E-state index is -0.595. The number of nitrogens with zero attached hydrogens (tertiary/aromatic N) is 4. The molecule has 2 aromatic heterocycles. The lowest BCUT2D eigenvalue weighted by Crippen LogP contribution is -2.38. The summed E-state index contributed by atoms with van der Waals surface area (Å²) in [6.45, 7) is 2.20. The van der Waals surface area contributed by atoms with Crippen LogP contribution in [0.5, 0.6) is 0 Å². The van der Waals surface area contributed by atoms with Crippen molar-refractivity contribution in [2.24, 2.45) is 20.0 Å². The Labute approximate surface area is 194 Å². The molecule has 1 saturated heterocycles. The van der Waals surface area contributed by atoms with E-state index in [4.69, 9.17) is 11.6 Å². The van der Waals surface area contributed by atoms with Gasteiger partial charge < -0.3 is 10.2 Å². The summed E-state index contributed by atoms with van der Waals surface area (Å²) in [5.41, 5.74) is 0.890. The lowest BCUT2D eigenvalue weighted by atomic mass is 10.0. The first kappa shape index (κ1) is 22.7. The molecule has 3 aromatic rings. The second-order valence-corrected chi connectivity index (χ2v) is 8.62. The molecule has 172 valence electrons. The van der Waals surface area contributed by atoms with E-state index in [-0.39, 0.29) is 35.8 Å². The summed E-state index contributed by atoms with van der Waals surface area (Å²) in [6, 6.07) is 6.86. The predicted molar refractivity (Wildman–Crippen MR) is 127 cm³/mol. The van der Waals surface area contributed by atoms with Crippen LogP contribution in [0.2, 0.25) is 5.02 Å². The topological polar surface area (TPSA) is 106 Å². The van der Waals surface area contributed by atoms with Crippen LogP contribution in [0.3, 0.4) is 0 Å². The fourth-order valence-corrected chi connectivity index (χ4v) is 4.27. The summed E-state index contributed by atoms with van der Waals surface area (Å²) >= 11 is 5.94. The first-order chi connectivity index (χ1) is 15.7. The summed E-state index contributed by atoms with van der Waals surface area (Å²) in [7, 11) is 2.92. The number of hydrogen-bond acceptors (Lipinski definition) is 5. The van der Waals surface area contributed by atoms with Gasteiger partial charge in [0.1, 0.15) is 5.39 Å². The molecule has 4 rings (SSSR count). The van der Waals surface area contributed by atoms with Crippen molar-refractivity contribution >= 4 is 45.8 Å². The third-order valence-electron chi connectivity index (χ3n) is 5.95. The molecule has 1 aromatic carbocycles. The van der Waals surface area contributed by atoms with Crippen molar-refractivity contribution in [2.45, 2.75) is 26.2 Å². The van der Waals surface area contributed by atoms with Gasteiger partial charge in [0.05, 0.1) is 11.6 Å². The second-order valence-electron chi connectivity index (χ2n) is 8.18. The smallest absolute Gasteiger partial charge is 0.325 e. The van der Waals surface area contributed by atoms with Crippen molar-refractivity contribution in [1.82, 2.24) is 14.1 Å². The van der Waals surface area contributed by atoms with E-state index >= 15 is 0 Å². The molecular weight excluding hydrogens is 446 g/mol. The molecular formula is C23H24ClN5O4. The highest BCUT2D eigenvalue weighted by Gasteiger charge is 2.35. The predicted octanol–water partition coefficient (Wildman–Crippen LogP) is 2.23. The van der Waals surface area contributed by atoms with Crippen molar-refractivity contribution in [3.8, 4) is 0 Å². The Bertz CT molecular complexity index is 1380. The number of carbonyl (C=O) groups is 2. The first-order valence-corrected chi connectivity index (χ1v) is 11.0. The maximum atomic E-state index is 13.2. The number of hydrogen-bond donors (Lipinski definition) is 1. The van der Waals surface area contributed by atoms with Gasteiger partial charge in [-0.3, -0.25) is 23.5 Å². The van der Waals surface area contributed by atoms with Crippen LogP contribution in [0.1, 0.15) is 25.3 Å². The number of fused-ring (bicyclic) bond motifs is 1. The minimum absolute atomic E-state index is 0.0527. The largest absolute Gasteiger partial charge is 0.332 e. The number of rotatable bonds is 5. The quantitative estimate of drug-likeness (QED) is 0.616. The second kappa shape index (κ2) is 8.82. The Kier molecular flexibility index (Phi) is 6.07.